The number of hydrogen-bond acceptors (Lipinski definition) is 4. The average Bonchev–Trinajstić information content (AvgIpc) is 3.11. The summed E-state index contributed by atoms with van der Waals surface area (Å²) in [5.74, 6) is -0.192. The van der Waals surface area contributed by atoms with Gasteiger partial charge in [0.1, 0.15) is 0 Å². The number of hydrogen-bond donors (Lipinski definition) is 1. The predicted octanol–water partition coefficient (Wildman–Crippen LogP) is 3.13. The second-order valence-electron chi connectivity index (χ2n) is 5.66. The highest BCUT2D eigenvalue weighted by atomic mass is 35.5. The van der Waals surface area contributed by atoms with Crippen molar-refractivity contribution < 1.29 is 9.59 Å². The molecule has 0 radical (unpaired) electrons. The Morgan fingerprint density at radius 1 is 1.50 bits per heavy atom. The molecule has 8 heteroatoms. The fourth-order valence-electron chi connectivity index (χ4n) is 2.72. The molecule has 3 amide bonds. The third-order valence-corrected chi connectivity index (χ3v) is 5.19. The number of fused-ring (bicyclic) bond motifs is 1. The van der Waals surface area contributed by atoms with Crippen LogP contribution in [0.15, 0.2) is 23.4 Å². The molecule has 1 unspecified atom stereocenters. The van der Waals surface area contributed by atoms with Gasteiger partial charge in [0.15, 0.2) is 5.16 Å². The van der Waals surface area contributed by atoms with Crippen LogP contribution < -0.4 is 5.32 Å². The second-order valence-corrected chi connectivity index (χ2v) is 7.41. The SMILES string of the molecule is CCCn1c(SC(C)C(=O)N2CCNC2=O)nc2cc(Cl)ccc21. The van der Waals surface area contributed by atoms with Crippen LogP contribution in [0, 0.1) is 0 Å². The molecule has 1 atom stereocenters. The molecule has 6 nitrogen and oxygen atoms in total. The number of thioether (sulfide) groups is 1. The number of carbonyl (C=O) groups is 2. The number of rotatable bonds is 5. The van der Waals surface area contributed by atoms with Crippen LogP contribution in [0.5, 0.6) is 0 Å². The lowest BCUT2D eigenvalue weighted by molar-refractivity contribution is -0.126. The number of nitrogens with zero attached hydrogens (tertiary/aromatic N) is 3. The minimum atomic E-state index is -0.392. The Morgan fingerprint density at radius 2 is 2.29 bits per heavy atom. The number of urea groups is 1. The van der Waals surface area contributed by atoms with Crippen molar-refractivity contribution >= 4 is 46.3 Å². The van der Waals surface area contributed by atoms with Crippen molar-refractivity contribution in [1.29, 1.82) is 0 Å². The average molecular weight is 367 g/mol. The molecule has 1 saturated heterocycles. The van der Waals surface area contributed by atoms with Crippen molar-refractivity contribution in [2.24, 2.45) is 0 Å². The van der Waals surface area contributed by atoms with Gasteiger partial charge in [-0.05, 0) is 31.5 Å². The topological polar surface area (TPSA) is 67.2 Å². The smallest absolute Gasteiger partial charge is 0.324 e. The zero-order chi connectivity index (χ0) is 17.3. The summed E-state index contributed by atoms with van der Waals surface area (Å²) < 4.78 is 2.10. The van der Waals surface area contributed by atoms with E-state index in [1.54, 1.807) is 6.92 Å². The van der Waals surface area contributed by atoms with E-state index in [0.29, 0.717) is 18.1 Å². The van der Waals surface area contributed by atoms with E-state index >= 15 is 0 Å². The Hall–Kier alpha value is -1.73. The first-order chi connectivity index (χ1) is 11.5. The molecule has 1 aromatic heterocycles. The highest BCUT2D eigenvalue weighted by molar-refractivity contribution is 8.00. The van der Waals surface area contributed by atoms with Gasteiger partial charge in [-0.3, -0.25) is 9.69 Å². The molecular formula is C16H19ClN4O2S. The van der Waals surface area contributed by atoms with Crippen molar-refractivity contribution in [2.75, 3.05) is 13.1 Å². The van der Waals surface area contributed by atoms with Gasteiger partial charge in [0.05, 0.1) is 16.3 Å². The minimum Gasteiger partial charge on any atom is -0.336 e. The molecule has 2 heterocycles. The van der Waals surface area contributed by atoms with Gasteiger partial charge in [-0.15, -0.1) is 0 Å². The van der Waals surface area contributed by atoms with Gasteiger partial charge in [-0.1, -0.05) is 30.3 Å². The number of imide groups is 1. The van der Waals surface area contributed by atoms with Crippen LogP contribution in [0.3, 0.4) is 0 Å². The molecule has 24 heavy (non-hydrogen) atoms. The van der Waals surface area contributed by atoms with E-state index in [4.69, 9.17) is 11.6 Å². The third kappa shape index (κ3) is 3.23. The number of halogens is 1. The molecule has 1 aliphatic rings. The first-order valence-electron chi connectivity index (χ1n) is 7.93. The summed E-state index contributed by atoms with van der Waals surface area (Å²) in [4.78, 5) is 30.0. The summed E-state index contributed by atoms with van der Waals surface area (Å²) >= 11 is 7.43. The van der Waals surface area contributed by atoms with Gasteiger partial charge in [-0.25, -0.2) is 9.78 Å². The van der Waals surface area contributed by atoms with Crippen LogP contribution in [0.1, 0.15) is 20.3 Å². The van der Waals surface area contributed by atoms with Crippen LogP contribution in [-0.2, 0) is 11.3 Å². The number of aryl methyl sites for hydroxylation is 1. The van der Waals surface area contributed by atoms with Gasteiger partial charge >= 0.3 is 6.03 Å². The third-order valence-electron chi connectivity index (χ3n) is 3.88. The van der Waals surface area contributed by atoms with E-state index in [1.165, 1.54) is 16.7 Å². The molecule has 2 aromatic rings. The van der Waals surface area contributed by atoms with Crippen molar-refractivity contribution in [1.82, 2.24) is 19.8 Å². The molecule has 0 saturated carbocycles. The molecule has 128 valence electrons. The highest BCUT2D eigenvalue weighted by Crippen LogP contribution is 2.30. The lowest BCUT2D eigenvalue weighted by atomic mass is 10.3. The first kappa shape index (κ1) is 17.1. The zero-order valence-corrected chi connectivity index (χ0v) is 15.2. The summed E-state index contributed by atoms with van der Waals surface area (Å²) in [5, 5.41) is 3.67. The van der Waals surface area contributed by atoms with Crippen LogP contribution in [-0.4, -0.2) is 44.7 Å². The summed E-state index contributed by atoms with van der Waals surface area (Å²) in [6.45, 7) is 5.64. The van der Waals surface area contributed by atoms with Crippen LogP contribution in [0.25, 0.3) is 11.0 Å². The summed E-state index contributed by atoms with van der Waals surface area (Å²) in [6.07, 6.45) is 0.957. The van der Waals surface area contributed by atoms with E-state index in [-0.39, 0.29) is 11.9 Å². The summed E-state index contributed by atoms with van der Waals surface area (Å²) in [7, 11) is 0. The maximum Gasteiger partial charge on any atom is 0.324 e. The molecular weight excluding hydrogens is 348 g/mol. The molecule has 1 aromatic carbocycles. The molecule has 0 spiro atoms. The van der Waals surface area contributed by atoms with E-state index in [1.807, 2.05) is 18.2 Å². The molecule has 3 rings (SSSR count). The van der Waals surface area contributed by atoms with E-state index < -0.39 is 5.25 Å². The molecule has 1 fully saturated rings. The van der Waals surface area contributed by atoms with Gasteiger partial charge in [0, 0.05) is 24.7 Å². The van der Waals surface area contributed by atoms with Gasteiger partial charge < -0.3 is 9.88 Å². The normalized spacial score (nSPS) is 15.8. The number of benzene rings is 1. The Balaban J connectivity index is 1.87. The van der Waals surface area contributed by atoms with Crippen molar-refractivity contribution in [3.8, 4) is 0 Å². The summed E-state index contributed by atoms with van der Waals surface area (Å²) in [5.41, 5.74) is 1.82. The number of carbonyl (C=O) groups excluding carboxylic acids is 2. The largest absolute Gasteiger partial charge is 0.336 e. The number of nitrogens with one attached hydrogen (secondary N) is 1. The Kier molecular flexibility index (Phi) is 5.01. The fourth-order valence-corrected chi connectivity index (χ4v) is 3.90. The van der Waals surface area contributed by atoms with Crippen LogP contribution >= 0.6 is 23.4 Å². The molecule has 0 bridgehead atoms. The fraction of sp³-hybridized carbons (Fsp3) is 0.438. The molecule has 0 aliphatic carbocycles. The maximum atomic E-state index is 12.5. The lowest BCUT2D eigenvalue weighted by Crippen LogP contribution is -2.39. The lowest BCUT2D eigenvalue weighted by Gasteiger charge is -2.17. The second kappa shape index (κ2) is 7.03. The number of aromatic nitrogens is 2. The molecule has 1 N–H and O–H groups in total. The summed E-state index contributed by atoms with van der Waals surface area (Å²) in [6, 6.07) is 5.30. The van der Waals surface area contributed by atoms with Crippen molar-refractivity contribution in [3.05, 3.63) is 23.2 Å². The van der Waals surface area contributed by atoms with Gasteiger partial charge in [-0.2, -0.15) is 0 Å². The Morgan fingerprint density at radius 3 is 2.96 bits per heavy atom. The Labute approximate surface area is 149 Å². The maximum absolute atomic E-state index is 12.5. The number of amides is 3. The number of imidazole rings is 1. The van der Waals surface area contributed by atoms with Crippen molar-refractivity contribution in [2.45, 2.75) is 37.2 Å². The minimum absolute atomic E-state index is 0.192. The van der Waals surface area contributed by atoms with Gasteiger partial charge in [0.25, 0.3) is 0 Å². The van der Waals surface area contributed by atoms with Crippen LogP contribution in [0.4, 0.5) is 4.79 Å². The highest BCUT2D eigenvalue weighted by Gasteiger charge is 2.31. The zero-order valence-electron chi connectivity index (χ0n) is 13.6. The predicted molar refractivity (Wildman–Crippen MR) is 95.5 cm³/mol. The quantitative estimate of drug-likeness (QED) is 0.825. The van der Waals surface area contributed by atoms with Crippen molar-refractivity contribution in [3.63, 3.8) is 0 Å². The molecule has 1 aliphatic heterocycles. The standard InChI is InChI=1S/C16H19ClN4O2S/c1-3-7-20-13-5-4-11(17)9-12(13)19-16(20)24-10(2)14(22)21-8-6-18-15(21)23/h4-5,9-10H,3,6-8H2,1-2H3,(H,18,23). The van der Waals surface area contributed by atoms with E-state index in [9.17, 15) is 9.59 Å². The van der Waals surface area contributed by atoms with Crippen LogP contribution in [0.2, 0.25) is 5.02 Å². The first-order valence-corrected chi connectivity index (χ1v) is 9.18. The van der Waals surface area contributed by atoms with E-state index in [0.717, 1.165) is 29.2 Å². The monoisotopic (exact) mass is 366 g/mol. The van der Waals surface area contributed by atoms with Gasteiger partial charge in [0.2, 0.25) is 5.91 Å². The Bertz CT molecular complexity index is 792. The van der Waals surface area contributed by atoms with E-state index in [2.05, 4.69) is 21.8 Å².